The van der Waals surface area contributed by atoms with Crippen molar-refractivity contribution < 1.29 is 152 Å². The van der Waals surface area contributed by atoms with Crippen molar-refractivity contribution in [3.05, 3.63) is 64.9 Å². The summed E-state index contributed by atoms with van der Waals surface area (Å²) in [5.41, 5.74) is 5.35. The Labute approximate surface area is 795 Å². The molecule has 36 nitrogen and oxygen atoms in total. The van der Waals surface area contributed by atoms with Crippen molar-refractivity contribution in [1.82, 2.24) is 19.9 Å². The number of H-pyrrole nitrogens is 2. The van der Waals surface area contributed by atoms with Crippen LogP contribution in [0.3, 0.4) is 0 Å². The highest BCUT2D eigenvalue weighted by Crippen LogP contribution is 2.67. The van der Waals surface area contributed by atoms with Crippen molar-refractivity contribution in [2.75, 3.05) is 219 Å². The highest BCUT2D eigenvalue weighted by molar-refractivity contribution is 9.11. The number of fused-ring (bicyclic) bond motifs is 16. The molecule has 16 unspecified atom stereocenters. The molecule has 0 radical (unpaired) electrons. The van der Waals surface area contributed by atoms with Crippen LogP contribution in [-0.4, -0.2) is 337 Å². The third-order valence-corrected chi connectivity index (χ3v) is 26.6. The zero-order chi connectivity index (χ0) is 92.4. The summed E-state index contributed by atoms with van der Waals surface area (Å²) < 4.78 is 214. The lowest BCUT2D eigenvalue weighted by atomic mass is 9.97. The van der Waals surface area contributed by atoms with Gasteiger partial charge in [0.2, 0.25) is 0 Å². The molecule has 0 spiro atoms. The van der Waals surface area contributed by atoms with Crippen LogP contribution in [0.5, 0.6) is 92.0 Å². The van der Waals surface area contributed by atoms with E-state index in [1.54, 1.807) is 114 Å². The highest BCUT2D eigenvalue weighted by Gasteiger charge is 2.51. The van der Waals surface area contributed by atoms with Crippen LogP contribution in [0, 0.1) is 0 Å². The van der Waals surface area contributed by atoms with E-state index in [0.717, 1.165) is 0 Å². The number of ether oxygens (including phenoxy) is 32. The maximum Gasteiger partial charge on any atom is 0.180 e. The fraction of sp³-hybridized carbons (Fsp3) is 0.522. The molecule has 4 aromatic carbocycles. The van der Waals surface area contributed by atoms with Gasteiger partial charge < -0.3 is 162 Å². The summed E-state index contributed by atoms with van der Waals surface area (Å²) in [4.78, 5) is 20.0. The van der Waals surface area contributed by atoms with Gasteiger partial charge in [-0.15, -0.1) is 0 Å². The first-order chi connectivity index (χ1) is 64.4. The number of aromatic nitrogens is 4. The van der Waals surface area contributed by atoms with Gasteiger partial charge in [-0.25, -0.2) is 9.97 Å². The van der Waals surface area contributed by atoms with Crippen LogP contribution in [0.25, 0.3) is 90.9 Å². The molecule has 0 saturated carbocycles. The standard InChI is InChI=1S/C92H106Br4N4O32/c1-101-25-49-57(33-109-9)125-85-73(93)86-78(118-50(26-102-2)58(126-86)34-110-10)69(77(85)117-49)65-41-17-19-43(97-41)66(70-79-87(127-59(35-111-11)51(119-79)27-103-3)74(94)88-80(70)120-52(28-104-4)60(128-88)36-112-12)45-21-23-47(99-45)68(72-83-91(131-63(39-115-15)55(123-83)31-107-7)76(96)92-84(72)124-56(32-108-8)64(132-92)40-116-16)48-24-22-46(100-48)67(44-20-18-42(65)98-44)71-81-89(129-61(37-113-13)53(121-81)29-105-5)75(95)90-82(71)122-54(30-106-6)62(130-90)38-114-14/h17-24,49-64,97,100H,25-40H2,1-16H3. The summed E-state index contributed by atoms with van der Waals surface area (Å²) in [6.45, 7) is 0.902. The summed E-state index contributed by atoms with van der Waals surface area (Å²) in [6, 6.07) is 7.66. The van der Waals surface area contributed by atoms with E-state index in [4.69, 9.17) is 162 Å². The molecule has 0 fully saturated rings. The monoisotopic (exact) mass is 2090 g/mol. The van der Waals surface area contributed by atoms with E-state index in [-0.39, 0.29) is 198 Å². The maximum atomic E-state index is 7.47. The van der Waals surface area contributed by atoms with E-state index in [9.17, 15) is 0 Å². The predicted molar refractivity (Wildman–Crippen MR) is 492 cm³/mol. The molecule has 10 aliphatic rings. The Morgan fingerprint density at radius 1 is 0.189 bits per heavy atom. The van der Waals surface area contributed by atoms with Gasteiger partial charge in [0, 0.05) is 158 Å². The molecule has 3 aromatic heterocycles. The molecule has 17 rings (SSSR count). The molecule has 2 N–H and O–H groups in total. The molecule has 13 heterocycles. The van der Waals surface area contributed by atoms with Gasteiger partial charge in [0.05, 0.1) is 151 Å². The maximum absolute atomic E-state index is 7.47. The quantitative estimate of drug-likeness (QED) is 0.0368. The number of benzene rings is 4. The Balaban J connectivity index is 1.11. The number of methoxy groups -OCH3 is 16. The Morgan fingerprint density at radius 3 is 0.417 bits per heavy atom. The molecule has 132 heavy (non-hydrogen) atoms. The van der Waals surface area contributed by atoms with E-state index in [1.165, 1.54) is 0 Å². The number of hydrogen-bond donors (Lipinski definition) is 2. The molecule has 0 saturated heterocycles. The van der Waals surface area contributed by atoms with Crippen molar-refractivity contribution in [1.29, 1.82) is 0 Å². The summed E-state index contributed by atoms with van der Waals surface area (Å²) in [6.07, 6.45) is -5.03. The first-order valence-corrected chi connectivity index (χ1v) is 45.9. The Kier molecular flexibility index (Phi) is 30.3. The molecule has 40 heteroatoms. The summed E-state index contributed by atoms with van der Waals surface area (Å²) in [5.74, 6) is 3.36. The number of aromatic amines is 2. The molecule has 7 aromatic rings. The molecule has 16 atom stereocenters. The molecule has 10 aliphatic heterocycles. The van der Waals surface area contributed by atoms with Gasteiger partial charge in [-0.2, -0.15) is 0 Å². The van der Waals surface area contributed by atoms with Crippen molar-refractivity contribution in [2.45, 2.75) is 97.7 Å². The van der Waals surface area contributed by atoms with Crippen LogP contribution < -0.4 is 75.8 Å². The summed E-state index contributed by atoms with van der Waals surface area (Å²) >= 11 is 16.0. The summed E-state index contributed by atoms with van der Waals surface area (Å²) in [5, 5.41) is 0. The minimum atomic E-state index is -0.822. The third kappa shape index (κ3) is 17.7. The van der Waals surface area contributed by atoms with Gasteiger partial charge in [0.25, 0.3) is 0 Å². The second kappa shape index (κ2) is 42.0. The van der Waals surface area contributed by atoms with Crippen LogP contribution in [-0.2, 0) is 75.8 Å². The first-order valence-electron chi connectivity index (χ1n) is 42.7. The fourth-order valence-corrected chi connectivity index (χ4v) is 20.2. The third-order valence-electron chi connectivity index (χ3n) is 23.7. The van der Waals surface area contributed by atoms with Crippen LogP contribution in [0.1, 0.15) is 22.8 Å². The predicted octanol–water partition coefficient (Wildman–Crippen LogP) is 12.8. The topological polar surface area (TPSA) is 353 Å². The van der Waals surface area contributed by atoms with E-state index in [1.807, 2.05) is 48.6 Å². The van der Waals surface area contributed by atoms with E-state index < -0.39 is 97.7 Å². The average molecular weight is 2100 g/mol. The normalized spacial score (nSPS) is 24.3. The molecule has 0 aliphatic carbocycles. The Bertz CT molecular complexity index is 4750. The largest absolute Gasteiger partial charge is 0.479 e. The second-order valence-electron chi connectivity index (χ2n) is 32.3. The SMILES string of the molecule is COCC1Oc2c(Br)c3c(c(-c4c5nc(c(-c6c7c(c(Br)c8c6OC(COC)C(COC)O8)OC(COC)C(COC)O7)c6ccc([nH]6)c(-c6c7c(c(Br)c8c6OC(COC)C(COC)O8)OC(COC)C(COC)O7)c6nc(c(-c7c8c(c(Br)c9c7OC(COC)C(COC)O9)OC(COC)C(COC)O8)c7ccc4[nH]7)C=C6)C=C5)c2OC1COC)OC(COC)C(COC)O3. The van der Waals surface area contributed by atoms with Crippen LogP contribution in [0.15, 0.2) is 42.2 Å². The zero-order valence-corrected chi connectivity index (χ0v) is 82.0. The van der Waals surface area contributed by atoms with Gasteiger partial charge in [-0.1, -0.05) is 0 Å². The lowest BCUT2D eigenvalue weighted by molar-refractivity contribution is -0.0597. The van der Waals surface area contributed by atoms with Crippen molar-refractivity contribution in [3.63, 3.8) is 0 Å². The second-order valence-corrected chi connectivity index (χ2v) is 35.5. The van der Waals surface area contributed by atoms with E-state index >= 15 is 0 Å². The first kappa shape index (κ1) is 95.3. The smallest absolute Gasteiger partial charge is 0.180 e. The van der Waals surface area contributed by atoms with E-state index in [2.05, 4.69) is 73.7 Å². The van der Waals surface area contributed by atoms with Crippen molar-refractivity contribution >= 4 is 110 Å². The van der Waals surface area contributed by atoms with Crippen molar-refractivity contribution in [2.24, 2.45) is 0 Å². The summed E-state index contributed by atoms with van der Waals surface area (Å²) in [7, 11) is 25.3. The van der Waals surface area contributed by atoms with Gasteiger partial charge in [0.15, 0.2) is 190 Å². The number of hydrogen-bond acceptors (Lipinski definition) is 34. The number of nitrogens with zero attached hydrogens (tertiary/aromatic N) is 2. The molecule has 0 amide bonds. The van der Waals surface area contributed by atoms with Gasteiger partial charge >= 0.3 is 0 Å². The molecule has 714 valence electrons. The lowest BCUT2D eigenvalue weighted by Crippen LogP contribution is -2.47. The Morgan fingerprint density at radius 2 is 0.303 bits per heavy atom. The van der Waals surface area contributed by atoms with Crippen LogP contribution >= 0.6 is 63.7 Å². The fourth-order valence-electron chi connectivity index (χ4n) is 18.0. The molecular formula is C92H106Br4N4O32. The van der Waals surface area contributed by atoms with Gasteiger partial charge in [-0.05, 0) is 112 Å². The number of rotatable bonds is 36. The minimum absolute atomic E-state index is 0.0356. The van der Waals surface area contributed by atoms with Crippen LogP contribution in [0.2, 0.25) is 0 Å². The average Bonchev–Trinajstić information content (AvgIpc) is 1.19. The van der Waals surface area contributed by atoms with Crippen LogP contribution in [0.4, 0.5) is 0 Å². The Hall–Kier alpha value is -8.44. The number of nitrogens with one attached hydrogen (secondary N) is 2. The lowest BCUT2D eigenvalue weighted by Gasteiger charge is -2.39. The number of halogens is 4. The zero-order valence-electron chi connectivity index (χ0n) is 75.6. The van der Waals surface area contributed by atoms with Gasteiger partial charge in [0.1, 0.15) is 17.9 Å². The minimum Gasteiger partial charge on any atom is -0.479 e. The molecule has 8 bridgehead atoms. The highest BCUT2D eigenvalue weighted by atomic mass is 79.9. The van der Waals surface area contributed by atoms with Crippen molar-refractivity contribution in [3.8, 4) is 136 Å². The van der Waals surface area contributed by atoms with Gasteiger partial charge in [-0.3, -0.25) is 0 Å². The molecular weight excluding hydrogens is 1990 g/mol. The van der Waals surface area contributed by atoms with E-state index in [0.29, 0.717) is 107 Å².